The maximum Gasteiger partial charge on any atom is 0.0619 e. The predicted molar refractivity (Wildman–Crippen MR) is 61.2 cm³/mol. The van der Waals surface area contributed by atoms with Crippen molar-refractivity contribution in [2.24, 2.45) is 0 Å². The van der Waals surface area contributed by atoms with Crippen molar-refractivity contribution in [2.45, 2.75) is 18.9 Å². The van der Waals surface area contributed by atoms with Crippen molar-refractivity contribution in [3.05, 3.63) is 0 Å². The molecule has 1 aliphatic rings. The molecule has 0 aromatic carbocycles. The van der Waals surface area contributed by atoms with Crippen molar-refractivity contribution in [3.8, 4) is 0 Å². The Bertz CT molecular complexity index is 150. The van der Waals surface area contributed by atoms with Crippen molar-refractivity contribution in [3.63, 3.8) is 0 Å². The average Bonchev–Trinajstić information content (AvgIpc) is 2.28. The lowest BCUT2D eigenvalue weighted by Crippen LogP contribution is -2.41. The molecule has 0 bridgehead atoms. The molecular formula is C11H24N2O2. The molecule has 4 heteroatoms. The minimum absolute atomic E-state index is 0.564. The smallest absolute Gasteiger partial charge is 0.0619 e. The summed E-state index contributed by atoms with van der Waals surface area (Å²) < 4.78 is 10.4. The van der Waals surface area contributed by atoms with E-state index >= 15 is 0 Å². The van der Waals surface area contributed by atoms with Gasteiger partial charge in [0.15, 0.2) is 0 Å². The fourth-order valence-electron chi connectivity index (χ4n) is 1.72. The van der Waals surface area contributed by atoms with Crippen LogP contribution in [0.4, 0.5) is 0 Å². The van der Waals surface area contributed by atoms with Crippen LogP contribution in [0.25, 0.3) is 0 Å². The first-order valence-corrected chi connectivity index (χ1v) is 5.81. The first kappa shape index (κ1) is 12.9. The Balaban J connectivity index is 1.94. The zero-order valence-electron chi connectivity index (χ0n) is 10.00. The number of nitrogens with zero attached hydrogens (tertiary/aromatic N) is 1. The van der Waals surface area contributed by atoms with E-state index in [4.69, 9.17) is 9.47 Å². The fraction of sp³-hybridized carbons (Fsp3) is 1.00. The van der Waals surface area contributed by atoms with Gasteiger partial charge in [-0.2, -0.15) is 0 Å². The van der Waals surface area contributed by atoms with Crippen molar-refractivity contribution in [1.29, 1.82) is 0 Å². The number of rotatable bonds is 7. The lowest BCUT2D eigenvalue weighted by atomic mass is 10.1. The molecule has 0 amide bonds. The molecule has 15 heavy (non-hydrogen) atoms. The van der Waals surface area contributed by atoms with Gasteiger partial charge in [-0.25, -0.2) is 0 Å². The van der Waals surface area contributed by atoms with E-state index in [1.807, 2.05) is 0 Å². The Morgan fingerprint density at radius 3 is 3.00 bits per heavy atom. The predicted octanol–water partition coefficient (Wildman–Crippen LogP) is 0.333. The molecule has 0 aliphatic carbocycles. The Hall–Kier alpha value is -0.160. The molecule has 0 aromatic rings. The number of ether oxygens (including phenoxy) is 2. The summed E-state index contributed by atoms with van der Waals surface area (Å²) in [4.78, 5) is 2.28. The van der Waals surface area contributed by atoms with Crippen LogP contribution in [0.5, 0.6) is 0 Å². The van der Waals surface area contributed by atoms with E-state index < -0.39 is 0 Å². The van der Waals surface area contributed by atoms with E-state index in [-0.39, 0.29) is 0 Å². The fourth-order valence-corrected chi connectivity index (χ4v) is 1.72. The van der Waals surface area contributed by atoms with E-state index in [1.54, 1.807) is 7.11 Å². The van der Waals surface area contributed by atoms with Crippen LogP contribution in [-0.4, -0.2) is 64.6 Å². The van der Waals surface area contributed by atoms with Crippen LogP contribution in [0, 0.1) is 0 Å². The highest BCUT2D eigenvalue weighted by Crippen LogP contribution is 2.04. The van der Waals surface area contributed by atoms with E-state index in [9.17, 15) is 0 Å². The van der Waals surface area contributed by atoms with E-state index in [0.29, 0.717) is 6.04 Å². The summed E-state index contributed by atoms with van der Waals surface area (Å²) in [7, 11) is 3.86. The Labute approximate surface area is 92.9 Å². The zero-order valence-corrected chi connectivity index (χ0v) is 10.00. The quantitative estimate of drug-likeness (QED) is 0.665. The Morgan fingerprint density at radius 2 is 2.33 bits per heavy atom. The first-order valence-electron chi connectivity index (χ1n) is 5.81. The summed E-state index contributed by atoms with van der Waals surface area (Å²) in [5, 5.41) is 3.52. The van der Waals surface area contributed by atoms with Crippen LogP contribution in [-0.2, 0) is 9.47 Å². The van der Waals surface area contributed by atoms with Gasteiger partial charge in [0.1, 0.15) is 0 Å². The van der Waals surface area contributed by atoms with Gasteiger partial charge in [0.05, 0.1) is 13.2 Å². The molecule has 1 heterocycles. The Kier molecular flexibility index (Phi) is 6.92. The maximum atomic E-state index is 5.41. The molecule has 0 saturated carbocycles. The third kappa shape index (κ3) is 6.10. The molecule has 1 unspecified atom stereocenters. The van der Waals surface area contributed by atoms with E-state index in [2.05, 4.69) is 17.3 Å². The van der Waals surface area contributed by atoms with Crippen molar-refractivity contribution < 1.29 is 9.47 Å². The molecule has 90 valence electrons. The van der Waals surface area contributed by atoms with Gasteiger partial charge in [-0.3, -0.25) is 0 Å². The van der Waals surface area contributed by atoms with Gasteiger partial charge in [-0.1, -0.05) is 0 Å². The van der Waals surface area contributed by atoms with Gasteiger partial charge >= 0.3 is 0 Å². The lowest BCUT2D eigenvalue weighted by molar-refractivity contribution is 0.0694. The molecule has 4 nitrogen and oxygen atoms in total. The molecule has 1 atom stereocenters. The van der Waals surface area contributed by atoms with Crippen LogP contribution in [0.2, 0.25) is 0 Å². The molecule has 0 radical (unpaired) electrons. The third-order valence-corrected chi connectivity index (χ3v) is 2.76. The van der Waals surface area contributed by atoms with Crippen LogP contribution in [0.1, 0.15) is 12.8 Å². The summed E-state index contributed by atoms with van der Waals surface area (Å²) in [6, 6.07) is 0.564. The minimum Gasteiger partial charge on any atom is -0.383 e. The highest BCUT2D eigenvalue weighted by Gasteiger charge is 2.12. The highest BCUT2D eigenvalue weighted by molar-refractivity contribution is 4.70. The molecule has 1 N–H and O–H groups in total. The van der Waals surface area contributed by atoms with Crippen molar-refractivity contribution in [1.82, 2.24) is 10.2 Å². The summed E-state index contributed by atoms with van der Waals surface area (Å²) >= 11 is 0. The van der Waals surface area contributed by atoms with Gasteiger partial charge in [-0.05, 0) is 19.9 Å². The topological polar surface area (TPSA) is 33.7 Å². The van der Waals surface area contributed by atoms with Gasteiger partial charge in [0, 0.05) is 39.4 Å². The van der Waals surface area contributed by atoms with E-state index in [0.717, 1.165) is 39.5 Å². The second-order valence-corrected chi connectivity index (χ2v) is 4.16. The van der Waals surface area contributed by atoms with Crippen LogP contribution in [0.3, 0.4) is 0 Å². The monoisotopic (exact) mass is 216 g/mol. The standard InChI is InChI=1S/C11H24N2O2/c1-13(7-9-14-2)6-5-12-11-4-3-8-15-10-11/h11-12H,3-10H2,1-2H3. The summed E-state index contributed by atoms with van der Waals surface area (Å²) in [5.74, 6) is 0. The second-order valence-electron chi connectivity index (χ2n) is 4.16. The van der Waals surface area contributed by atoms with Crippen LogP contribution < -0.4 is 5.32 Å². The summed E-state index contributed by atoms with van der Waals surface area (Å²) in [6.07, 6.45) is 2.44. The molecule has 1 rings (SSSR count). The van der Waals surface area contributed by atoms with Crippen LogP contribution >= 0.6 is 0 Å². The third-order valence-electron chi connectivity index (χ3n) is 2.76. The number of methoxy groups -OCH3 is 1. The summed E-state index contributed by atoms with van der Waals surface area (Å²) in [5.41, 5.74) is 0. The average molecular weight is 216 g/mol. The summed E-state index contributed by atoms with van der Waals surface area (Å²) in [6.45, 7) is 5.73. The molecule has 1 aliphatic heterocycles. The second kappa shape index (κ2) is 8.05. The van der Waals surface area contributed by atoms with Gasteiger partial charge in [0.2, 0.25) is 0 Å². The molecule has 1 saturated heterocycles. The first-order chi connectivity index (χ1) is 7.33. The minimum atomic E-state index is 0.564. The largest absolute Gasteiger partial charge is 0.383 e. The maximum absolute atomic E-state index is 5.41. The molecule has 0 spiro atoms. The number of hydrogen-bond donors (Lipinski definition) is 1. The van der Waals surface area contributed by atoms with E-state index in [1.165, 1.54) is 12.8 Å². The number of likely N-dealkylation sites (N-methyl/N-ethyl adjacent to an activating group) is 1. The van der Waals surface area contributed by atoms with Gasteiger partial charge < -0.3 is 19.7 Å². The van der Waals surface area contributed by atoms with Gasteiger partial charge in [0.25, 0.3) is 0 Å². The highest BCUT2D eigenvalue weighted by atomic mass is 16.5. The zero-order chi connectivity index (χ0) is 10.9. The van der Waals surface area contributed by atoms with Gasteiger partial charge in [-0.15, -0.1) is 0 Å². The van der Waals surface area contributed by atoms with Crippen molar-refractivity contribution >= 4 is 0 Å². The normalized spacial score (nSPS) is 22.2. The molecular weight excluding hydrogens is 192 g/mol. The van der Waals surface area contributed by atoms with Crippen molar-refractivity contribution in [2.75, 3.05) is 53.6 Å². The number of hydrogen-bond acceptors (Lipinski definition) is 4. The van der Waals surface area contributed by atoms with Crippen LogP contribution in [0.15, 0.2) is 0 Å². The number of nitrogens with one attached hydrogen (secondary N) is 1. The molecule has 0 aromatic heterocycles. The lowest BCUT2D eigenvalue weighted by Gasteiger charge is -2.24. The Morgan fingerprint density at radius 1 is 1.47 bits per heavy atom. The molecule has 1 fully saturated rings. The SMILES string of the molecule is COCCN(C)CCNC1CCCOC1.